The van der Waals surface area contributed by atoms with E-state index in [1.165, 1.54) is 134 Å². The molecular formula is C58H54Cl2Zr. The predicted molar refractivity (Wildman–Crippen MR) is 253 cm³/mol. The molecule has 2 atom stereocenters. The van der Waals surface area contributed by atoms with E-state index in [-0.39, 0.29) is 24.8 Å². The van der Waals surface area contributed by atoms with Crippen molar-refractivity contribution in [3.63, 3.8) is 0 Å². The minimum Gasteiger partial charge on any atom is -1.00 e. The molecule has 11 rings (SSSR count). The molecule has 2 aliphatic carbocycles. The van der Waals surface area contributed by atoms with Crippen molar-refractivity contribution in [1.82, 2.24) is 0 Å². The molecule has 1 saturated heterocycles. The number of allylic oxidation sites excluding steroid dienone is 2. The number of rotatable bonds is 10. The molecule has 3 aliphatic rings. The maximum absolute atomic E-state index is 3.04. The van der Waals surface area contributed by atoms with Crippen molar-refractivity contribution in [1.29, 1.82) is 0 Å². The largest absolute Gasteiger partial charge is 1.00 e. The molecular weight excluding hydrogens is 859 g/mol. The van der Waals surface area contributed by atoms with Gasteiger partial charge >= 0.3 is 357 Å². The molecule has 0 spiro atoms. The Morgan fingerprint density at radius 3 is 1.21 bits per heavy atom. The van der Waals surface area contributed by atoms with E-state index >= 15 is 0 Å². The molecule has 2 unspecified atom stereocenters. The van der Waals surface area contributed by atoms with Crippen molar-refractivity contribution in [2.24, 2.45) is 0 Å². The molecule has 61 heavy (non-hydrogen) atoms. The van der Waals surface area contributed by atoms with Crippen LogP contribution < -0.4 is 24.8 Å². The Hall–Kier alpha value is -4.26. The predicted octanol–water partition coefficient (Wildman–Crippen LogP) is 11.2. The Morgan fingerprint density at radius 2 is 0.820 bits per heavy atom. The maximum Gasteiger partial charge on any atom is -1.00 e. The van der Waals surface area contributed by atoms with Crippen molar-refractivity contribution in [2.45, 2.75) is 81.7 Å². The Bertz CT molecular complexity index is 2870. The van der Waals surface area contributed by atoms with E-state index in [1.54, 1.807) is 22.3 Å². The van der Waals surface area contributed by atoms with E-state index in [2.05, 4.69) is 173 Å². The van der Waals surface area contributed by atoms with Crippen LogP contribution in [0.2, 0.25) is 8.26 Å². The van der Waals surface area contributed by atoms with Gasteiger partial charge in [0.2, 0.25) is 0 Å². The minimum atomic E-state index is -3.04. The Balaban J connectivity index is 0.00000238. The van der Waals surface area contributed by atoms with Crippen molar-refractivity contribution in [2.75, 3.05) is 0 Å². The van der Waals surface area contributed by atoms with Crippen LogP contribution in [-0.4, -0.2) is 0 Å². The van der Waals surface area contributed by atoms with Crippen molar-refractivity contribution < 1.29 is 45.1 Å². The van der Waals surface area contributed by atoms with E-state index in [1.807, 2.05) is 0 Å². The molecule has 304 valence electrons. The van der Waals surface area contributed by atoms with Gasteiger partial charge in [0, 0.05) is 0 Å². The number of benzene rings is 8. The van der Waals surface area contributed by atoms with E-state index < -0.39 is 20.3 Å². The molecule has 0 amide bonds. The first kappa shape index (κ1) is 42.1. The Morgan fingerprint density at radius 1 is 0.443 bits per heavy atom. The number of hydrogen-bond acceptors (Lipinski definition) is 0. The van der Waals surface area contributed by atoms with Gasteiger partial charge in [-0.3, -0.25) is 0 Å². The molecule has 8 aromatic rings. The second-order valence-electron chi connectivity index (χ2n) is 18.1. The molecule has 0 aromatic heterocycles. The summed E-state index contributed by atoms with van der Waals surface area (Å²) < 4.78 is 4.23. The van der Waals surface area contributed by atoms with Crippen LogP contribution in [0.3, 0.4) is 0 Å². The number of unbranched alkanes of at least 4 members (excludes halogenated alkanes) is 2. The van der Waals surface area contributed by atoms with Crippen molar-refractivity contribution in [3.8, 4) is 22.3 Å². The van der Waals surface area contributed by atoms with Crippen LogP contribution in [0, 0.1) is 13.8 Å². The molecule has 0 N–H and O–H groups in total. The molecule has 3 heteroatoms. The summed E-state index contributed by atoms with van der Waals surface area (Å²) in [5.41, 5.74) is 18.7. The van der Waals surface area contributed by atoms with Gasteiger partial charge in [0.25, 0.3) is 0 Å². The summed E-state index contributed by atoms with van der Waals surface area (Å²) in [6.45, 7) is 9.65. The third-order valence-electron chi connectivity index (χ3n) is 14.7. The third kappa shape index (κ3) is 6.72. The van der Waals surface area contributed by atoms with E-state index in [0.29, 0.717) is 7.25 Å². The van der Waals surface area contributed by atoms with Gasteiger partial charge in [0.15, 0.2) is 0 Å². The fourth-order valence-corrected chi connectivity index (χ4v) is 29.9. The van der Waals surface area contributed by atoms with E-state index in [0.717, 1.165) is 0 Å². The van der Waals surface area contributed by atoms with Gasteiger partial charge in [-0.2, -0.15) is 0 Å². The van der Waals surface area contributed by atoms with Gasteiger partial charge in [-0.25, -0.2) is 0 Å². The van der Waals surface area contributed by atoms with Gasteiger partial charge < -0.3 is 24.8 Å². The standard InChI is InChI=1S/2C28H25.C2H4.2ClH.Zr/c2*1-3-4-9-20-16-26-19(2)14-15-25(27(26)17-20)28-18-21-10-5-6-11-22(21)23-12-7-8-13-24(23)28;1-2;;;/h2*5-8,10-18H,3-4,9H2,1-2H3;1-2H2;2*1H;/q;;;;;+2/p-2. The molecule has 0 saturated carbocycles. The fraction of sp³-hybridized carbons (Fsp3) is 0.241. The molecule has 0 radical (unpaired) electrons. The molecule has 1 aliphatic heterocycles. The summed E-state index contributed by atoms with van der Waals surface area (Å²) in [7, 11) is 0. The van der Waals surface area contributed by atoms with Gasteiger partial charge in [-0.1, -0.05) is 0 Å². The fourth-order valence-electron chi connectivity index (χ4n) is 11.9. The first-order chi connectivity index (χ1) is 29.0. The smallest absolute Gasteiger partial charge is 1.00 e. The minimum absolute atomic E-state index is 0. The van der Waals surface area contributed by atoms with Crippen LogP contribution in [-0.2, 0) is 20.3 Å². The van der Waals surface area contributed by atoms with E-state index in [9.17, 15) is 0 Å². The summed E-state index contributed by atoms with van der Waals surface area (Å²) in [6.07, 6.45) is 12.9. The van der Waals surface area contributed by atoms with Crippen molar-refractivity contribution >= 4 is 55.2 Å². The summed E-state index contributed by atoms with van der Waals surface area (Å²) >= 11 is -3.04. The average molecular weight is 913 g/mol. The first-order valence-corrected chi connectivity index (χ1v) is 28.8. The quantitative estimate of drug-likeness (QED) is 0.120. The number of fused-ring (bicyclic) bond motifs is 8. The zero-order valence-electron chi connectivity index (χ0n) is 35.9. The molecule has 8 aromatic carbocycles. The topological polar surface area (TPSA) is 0 Å². The second kappa shape index (κ2) is 16.8. The number of aryl methyl sites for hydroxylation is 2. The second-order valence-corrected chi connectivity index (χ2v) is 29.5. The third-order valence-corrected chi connectivity index (χ3v) is 27.7. The molecule has 0 nitrogen and oxygen atoms in total. The Kier molecular flexibility index (Phi) is 11.6. The molecule has 0 bridgehead atoms. The van der Waals surface area contributed by atoms with Crippen LogP contribution in [0.25, 0.3) is 77.5 Å². The molecule has 1 heterocycles. The van der Waals surface area contributed by atoms with Gasteiger partial charge in [-0.15, -0.1) is 0 Å². The van der Waals surface area contributed by atoms with Crippen LogP contribution in [0.15, 0.2) is 145 Å². The van der Waals surface area contributed by atoms with Gasteiger partial charge in [-0.05, 0) is 0 Å². The van der Waals surface area contributed by atoms with Crippen LogP contribution in [0.1, 0.15) is 93.0 Å². The average Bonchev–Trinajstić information content (AvgIpc) is 3.81. The zero-order valence-corrected chi connectivity index (χ0v) is 39.9. The van der Waals surface area contributed by atoms with Crippen LogP contribution in [0.5, 0.6) is 0 Å². The normalized spacial score (nSPS) is 16.7. The molecule has 1 fully saturated rings. The van der Waals surface area contributed by atoms with Crippen LogP contribution >= 0.6 is 0 Å². The number of hydrogen-bond donors (Lipinski definition) is 0. The SMILES string of the molecule is CCCCC1=Cc2c(-c3cc4ccccc4c4ccccc34)ccc(C)c2[CH]1[Zr+2]1([CH]2C(CCCC)=Cc3c(-c4cc5ccccc5c5ccccc45)ccc(C)c32)[CH2][CH2]1.[Cl-].[Cl-]. The van der Waals surface area contributed by atoms with Gasteiger partial charge in [0.1, 0.15) is 0 Å². The zero-order chi connectivity index (χ0) is 39.8. The Labute approximate surface area is 379 Å². The first-order valence-electron chi connectivity index (χ1n) is 22.5. The van der Waals surface area contributed by atoms with Crippen molar-refractivity contribution in [3.05, 3.63) is 178 Å². The summed E-state index contributed by atoms with van der Waals surface area (Å²) in [6, 6.07) is 51.1. The monoisotopic (exact) mass is 910 g/mol. The summed E-state index contributed by atoms with van der Waals surface area (Å²) in [4.78, 5) is 0. The number of halogens is 2. The summed E-state index contributed by atoms with van der Waals surface area (Å²) in [5, 5.41) is 10.8. The van der Waals surface area contributed by atoms with Crippen LogP contribution in [0.4, 0.5) is 0 Å². The summed E-state index contributed by atoms with van der Waals surface area (Å²) in [5.74, 6) is 0. The van der Waals surface area contributed by atoms with E-state index in [4.69, 9.17) is 0 Å². The maximum atomic E-state index is 2.74. The van der Waals surface area contributed by atoms with Gasteiger partial charge in [0.05, 0.1) is 0 Å².